The maximum Gasteiger partial charge on any atom is 0.119 e. The maximum atomic E-state index is 5.64. The molecule has 0 fully saturated rings. The number of hydrogen-bond donors (Lipinski definition) is 1. The molecule has 0 saturated heterocycles. The van der Waals surface area contributed by atoms with Crippen LogP contribution in [0, 0.1) is 5.92 Å². The molecule has 0 saturated carbocycles. The van der Waals surface area contributed by atoms with Crippen LogP contribution in [0.15, 0.2) is 24.3 Å². The zero-order valence-electron chi connectivity index (χ0n) is 9.27. The SMILES string of the molecule is COCc1cccc(OCC(C)CS)c1. The second kappa shape index (κ2) is 6.75. The normalized spacial score (nSPS) is 12.5. The van der Waals surface area contributed by atoms with Crippen molar-refractivity contribution in [3.05, 3.63) is 29.8 Å². The molecule has 15 heavy (non-hydrogen) atoms. The quantitative estimate of drug-likeness (QED) is 0.752. The number of thiol groups is 1. The first-order chi connectivity index (χ1) is 7.26. The van der Waals surface area contributed by atoms with Gasteiger partial charge in [0.1, 0.15) is 5.75 Å². The van der Waals surface area contributed by atoms with Gasteiger partial charge in [0, 0.05) is 7.11 Å². The molecule has 0 amide bonds. The summed E-state index contributed by atoms with van der Waals surface area (Å²) < 4.78 is 10.7. The summed E-state index contributed by atoms with van der Waals surface area (Å²) in [7, 11) is 1.69. The molecule has 0 radical (unpaired) electrons. The molecule has 1 aromatic carbocycles. The first kappa shape index (κ1) is 12.4. The zero-order chi connectivity index (χ0) is 11.1. The minimum absolute atomic E-state index is 0.472. The Labute approximate surface area is 97.0 Å². The van der Waals surface area contributed by atoms with Crippen LogP contribution >= 0.6 is 12.6 Å². The minimum atomic E-state index is 0.472. The average molecular weight is 226 g/mol. The van der Waals surface area contributed by atoms with E-state index >= 15 is 0 Å². The van der Waals surface area contributed by atoms with E-state index in [4.69, 9.17) is 9.47 Å². The van der Waals surface area contributed by atoms with Crippen LogP contribution in [0.3, 0.4) is 0 Å². The van der Waals surface area contributed by atoms with Crippen LogP contribution in [0.4, 0.5) is 0 Å². The third kappa shape index (κ3) is 4.58. The summed E-state index contributed by atoms with van der Waals surface area (Å²) in [5.41, 5.74) is 1.13. The molecule has 3 heteroatoms. The second-order valence-corrected chi connectivity index (χ2v) is 4.04. The lowest BCUT2D eigenvalue weighted by molar-refractivity contribution is 0.184. The third-order valence-corrected chi connectivity index (χ3v) is 2.68. The highest BCUT2D eigenvalue weighted by atomic mass is 32.1. The van der Waals surface area contributed by atoms with Gasteiger partial charge in [0.2, 0.25) is 0 Å². The van der Waals surface area contributed by atoms with E-state index in [1.165, 1.54) is 0 Å². The molecule has 0 bridgehead atoms. The molecular weight excluding hydrogens is 208 g/mol. The first-order valence-corrected chi connectivity index (χ1v) is 5.71. The molecule has 1 atom stereocenters. The fourth-order valence-electron chi connectivity index (χ4n) is 1.18. The predicted molar refractivity (Wildman–Crippen MR) is 65.7 cm³/mol. The van der Waals surface area contributed by atoms with Crippen LogP contribution in [0.5, 0.6) is 5.75 Å². The third-order valence-electron chi connectivity index (χ3n) is 2.06. The smallest absolute Gasteiger partial charge is 0.119 e. The number of ether oxygens (including phenoxy) is 2. The van der Waals surface area contributed by atoms with Gasteiger partial charge in [-0.3, -0.25) is 0 Å². The van der Waals surface area contributed by atoms with Crippen LogP contribution in [0.1, 0.15) is 12.5 Å². The van der Waals surface area contributed by atoms with Crippen molar-refractivity contribution in [1.82, 2.24) is 0 Å². The lowest BCUT2D eigenvalue weighted by Gasteiger charge is -2.11. The van der Waals surface area contributed by atoms with Gasteiger partial charge >= 0.3 is 0 Å². The molecule has 1 unspecified atom stereocenters. The molecule has 0 aliphatic heterocycles. The molecule has 0 aliphatic carbocycles. The Morgan fingerprint density at radius 1 is 1.40 bits per heavy atom. The van der Waals surface area contributed by atoms with E-state index in [9.17, 15) is 0 Å². The average Bonchev–Trinajstić information content (AvgIpc) is 2.27. The van der Waals surface area contributed by atoms with Crippen LogP contribution in [0.25, 0.3) is 0 Å². The number of benzene rings is 1. The number of methoxy groups -OCH3 is 1. The van der Waals surface area contributed by atoms with Crippen molar-refractivity contribution >= 4 is 12.6 Å². The summed E-state index contributed by atoms with van der Waals surface area (Å²) in [5.74, 6) is 2.22. The lowest BCUT2D eigenvalue weighted by Crippen LogP contribution is -2.09. The van der Waals surface area contributed by atoms with Gasteiger partial charge in [-0.2, -0.15) is 12.6 Å². The van der Waals surface area contributed by atoms with E-state index < -0.39 is 0 Å². The van der Waals surface area contributed by atoms with E-state index in [1.54, 1.807) is 7.11 Å². The minimum Gasteiger partial charge on any atom is -0.493 e. The Morgan fingerprint density at radius 3 is 2.87 bits per heavy atom. The Bertz CT molecular complexity index is 289. The molecule has 1 rings (SSSR count). The second-order valence-electron chi connectivity index (χ2n) is 3.68. The van der Waals surface area contributed by atoms with E-state index in [1.807, 2.05) is 24.3 Å². The standard InChI is InChI=1S/C12H18O2S/c1-10(9-15)7-14-12-5-3-4-11(6-12)8-13-2/h3-6,10,15H,7-9H2,1-2H3. The molecule has 0 heterocycles. The highest BCUT2D eigenvalue weighted by Gasteiger charge is 2.01. The molecule has 0 spiro atoms. The Kier molecular flexibility index (Phi) is 5.58. The van der Waals surface area contributed by atoms with Gasteiger partial charge in [0.05, 0.1) is 13.2 Å². The Morgan fingerprint density at radius 2 is 2.20 bits per heavy atom. The Balaban J connectivity index is 2.50. The highest BCUT2D eigenvalue weighted by molar-refractivity contribution is 7.80. The van der Waals surface area contributed by atoms with Crippen molar-refractivity contribution in [3.63, 3.8) is 0 Å². The largest absolute Gasteiger partial charge is 0.493 e. The van der Waals surface area contributed by atoms with Crippen LogP contribution in [0.2, 0.25) is 0 Å². The molecular formula is C12H18O2S. The molecule has 1 aromatic rings. The van der Waals surface area contributed by atoms with E-state index in [0.717, 1.165) is 17.1 Å². The van der Waals surface area contributed by atoms with Gasteiger partial charge in [-0.05, 0) is 29.4 Å². The lowest BCUT2D eigenvalue weighted by atomic mass is 10.2. The van der Waals surface area contributed by atoms with Gasteiger partial charge in [-0.25, -0.2) is 0 Å². The Hall–Kier alpha value is -0.670. The summed E-state index contributed by atoms with van der Waals surface area (Å²) in [4.78, 5) is 0. The fourth-order valence-corrected chi connectivity index (χ4v) is 1.29. The van der Waals surface area contributed by atoms with Crippen molar-refractivity contribution < 1.29 is 9.47 Å². The first-order valence-electron chi connectivity index (χ1n) is 5.07. The van der Waals surface area contributed by atoms with Crippen molar-refractivity contribution in [2.45, 2.75) is 13.5 Å². The van der Waals surface area contributed by atoms with E-state index in [0.29, 0.717) is 19.1 Å². The predicted octanol–water partition coefficient (Wildman–Crippen LogP) is 2.78. The number of rotatable bonds is 6. The fraction of sp³-hybridized carbons (Fsp3) is 0.500. The summed E-state index contributed by atoms with van der Waals surface area (Å²) >= 11 is 4.22. The van der Waals surface area contributed by atoms with Crippen molar-refractivity contribution in [3.8, 4) is 5.75 Å². The van der Waals surface area contributed by atoms with Crippen LogP contribution in [-0.2, 0) is 11.3 Å². The molecule has 0 aromatic heterocycles. The number of hydrogen-bond acceptors (Lipinski definition) is 3. The van der Waals surface area contributed by atoms with Crippen molar-refractivity contribution in [2.24, 2.45) is 5.92 Å². The monoisotopic (exact) mass is 226 g/mol. The van der Waals surface area contributed by atoms with Crippen molar-refractivity contribution in [1.29, 1.82) is 0 Å². The topological polar surface area (TPSA) is 18.5 Å². The van der Waals surface area contributed by atoms with Gasteiger partial charge in [-0.1, -0.05) is 19.1 Å². The van der Waals surface area contributed by atoms with Crippen LogP contribution < -0.4 is 4.74 Å². The molecule has 2 nitrogen and oxygen atoms in total. The van der Waals surface area contributed by atoms with Gasteiger partial charge < -0.3 is 9.47 Å². The summed E-state index contributed by atoms with van der Waals surface area (Å²) in [5, 5.41) is 0. The summed E-state index contributed by atoms with van der Waals surface area (Å²) in [6.07, 6.45) is 0. The summed E-state index contributed by atoms with van der Waals surface area (Å²) in [6, 6.07) is 7.98. The van der Waals surface area contributed by atoms with Crippen LogP contribution in [-0.4, -0.2) is 19.5 Å². The van der Waals surface area contributed by atoms with Gasteiger partial charge in [0.25, 0.3) is 0 Å². The summed E-state index contributed by atoms with van der Waals surface area (Å²) in [6.45, 7) is 3.45. The van der Waals surface area contributed by atoms with Crippen molar-refractivity contribution in [2.75, 3.05) is 19.5 Å². The van der Waals surface area contributed by atoms with E-state index in [-0.39, 0.29) is 0 Å². The molecule has 0 N–H and O–H groups in total. The van der Waals surface area contributed by atoms with E-state index in [2.05, 4.69) is 19.6 Å². The maximum absolute atomic E-state index is 5.64. The highest BCUT2D eigenvalue weighted by Crippen LogP contribution is 2.15. The molecule has 0 aliphatic rings. The zero-order valence-corrected chi connectivity index (χ0v) is 10.2. The molecule has 84 valence electrons. The van der Waals surface area contributed by atoms with Gasteiger partial charge in [-0.15, -0.1) is 0 Å². The van der Waals surface area contributed by atoms with Gasteiger partial charge in [0.15, 0.2) is 0 Å².